The van der Waals surface area contributed by atoms with E-state index in [1.54, 1.807) is 27.7 Å². The standard InChI is InChI=1S/C28H28BN3O3.C6H14O2/c1-15-9-23(15)32(27(33)35-28(2,3)4)13-25-30-22-8-5-16-11-21-19-7-6-18(29)10-17(19)14-34-24(21)12-20(16)26(22)31-25;1-5(2,7)6(3,4)8/h5-8,10-12,15,23H,9,13-14H2,1-4H3,(H,30,31);7-8H,1-4H3. The van der Waals surface area contributed by atoms with E-state index in [9.17, 15) is 4.79 Å². The van der Waals surface area contributed by atoms with Crippen LogP contribution in [0.3, 0.4) is 0 Å². The van der Waals surface area contributed by atoms with Gasteiger partial charge in [0.15, 0.2) is 0 Å². The summed E-state index contributed by atoms with van der Waals surface area (Å²) < 4.78 is 11.8. The van der Waals surface area contributed by atoms with Gasteiger partial charge >= 0.3 is 6.09 Å². The number of carbonyl (C=O) groups excluding carboxylic acids is 1. The van der Waals surface area contributed by atoms with Crippen LogP contribution < -0.4 is 10.2 Å². The molecule has 2 radical (unpaired) electrons. The third-order valence-electron chi connectivity index (χ3n) is 8.33. The molecular weight excluding hydrogens is 541 g/mol. The molecule has 1 aliphatic heterocycles. The number of benzene rings is 3. The van der Waals surface area contributed by atoms with Gasteiger partial charge in [-0.15, -0.1) is 0 Å². The monoisotopic (exact) mass is 583 g/mol. The van der Waals surface area contributed by atoms with Crippen molar-refractivity contribution in [3.05, 3.63) is 53.9 Å². The average Bonchev–Trinajstić information content (AvgIpc) is 3.45. The lowest BCUT2D eigenvalue weighted by Gasteiger charge is -2.31. The molecule has 9 heteroatoms. The molecule has 0 bridgehead atoms. The second kappa shape index (κ2) is 10.9. The van der Waals surface area contributed by atoms with Crippen molar-refractivity contribution in [2.45, 2.75) is 97.8 Å². The molecule has 0 spiro atoms. The highest BCUT2D eigenvalue weighted by Crippen LogP contribution is 2.41. The van der Waals surface area contributed by atoms with Crippen molar-refractivity contribution in [2.75, 3.05) is 0 Å². The number of carbonyl (C=O) groups is 1. The number of aromatic nitrogens is 2. The first-order valence-electron chi connectivity index (χ1n) is 14.8. The van der Waals surface area contributed by atoms with Crippen molar-refractivity contribution in [2.24, 2.45) is 5.92 Å². The summed E-state index contributed by atoms with van der Waals surface area (Å²) in [7, 11) is 5.97. The summed E-state index contributed by atoms with van der Waals surface area (Å²) in [6, 6.07) is 14.5. The number of ether oxygens (including phenoxy) is 2. The SMILES string of the molecule is CC(C)(O)C(C)(C)O.[B]c1ccc2c(c1)COc1cc3c(ccc4[nH]c(CN(C(=O)OC(C)(C)C)C5CC5C)nc43)cc1-2. The zero-order valence-electron chi connectivity index (χ0n) is 26.4. The third kappa shape index (κ3) is 6.68. The van der Waals surface area contributed by atoms with Gasteiger partial charge in [0, 0.05) is 17.0 Å². The Labute approximate surface area is 254 Å². The van der Waals surface area contributed by atoms with E-state index in [1.807, 2.05) is 43.9 Å². The number of fused-ring (bicyclic) bond motifs is 6. The van der Waals surface area contributed by atoms with Crippen LogP contribution in [0.1, 0.15) is 73.2 Å². The Morgan fingerprint density at radius 2 is 1.72 bits per heavy atom. The lowest BCUT2D eigenvalue weighted by Crippen LogP contribution is -2.44. The van der Waals surface area contributed by atoms with Gasteiger partial charge in [-0.3, -0.25) is 4.90 Å². The largest absolute Gasteiger partial charge is 0.488 e. The van der Waals surface area contributed by atoms with Crippen molar-refractivity contribution >= 4 is 41.2 Å². The summed E-state index contributed by atoms with van der Waals surface area (Å²) in [5.74, 6) is 2.06. The molecule has 1 fully saturated rings. The summed E-state index contributed by atoms with van der Waals surface area (Å²) in [6.45, 7) is 15.0. The van der Waals surface area contributed by atoms with E-state index < -0.39 is 16.8 Å². The average molecular weight is 584 g/mol. The van der Waals surface area contributed by atoms with Gasteiger partial charge in [0.05, 0.1) is 28.8 Å². The minimum Gasteiger partial charge on any atom is -0.488 e. The molecule has 3 aromatic carbocycles. The summed E-state index contributed by atoms with van der Waals surface area (Å²) in [5.41, 5.74) is 3.30. The molecule has 6 rings (SSSR count). The first-order valence-corrected chi connectivity index (χ1v) is 14.8. The third-order valence-corrected chi connectivity index (χ3v) is 8.33. The van der Waals surface area contributed by atoms with Crippen LogP contribution >= 0.6 is 0 Å². The maximum Gasteiger partial charge on any atom is 0.410 e. The van der Waals surface area contributed by atoms with E-state index in [2.05, 4.69) is 36.2 Å². The van der Waals surface area contributed by atoms with Crippen molar-refractivity contribution in [1.82, 2.24) is 14.9 Å². The van der Waals surface area contributed by atoms with Gasteiger partial charge in [-0.2, -0.15) is 0 Å². The highest BCUT2D eigenvalue weighted by atomic mass is 16.6. The molecular formula is C34H42BN3O5. The van der Waals surface area contributed by atoms with Crippen LogP contribution in [0.15, 0.2) is 42.5 Å². The lowest BCUT2D eigenvalue weighted by molar-refractivity contribution is -0.107. The number of nitrogens with zero attached hydrogens (tertiary/aromatic N) is 2. The number of rotatable bonds is 4. The Kier molecular flexibility index (Phi) is 7.80. The number of aliphatic hydroxyl groups is 2. The number of amides is 1. The van der Waals surface area contributed by atoms with Crippen LogP contribution in [0, 0.1) is 5.92 Å². The fraction of sp³-hybridized carbons (Fsp3) is 0.471. The first kappa shape index (κ1) is 30.9. The van der Waals surface area contributed by atoms with E-state index in [4.69, 9.17) is 32.5 Å². The second-order valence-electron chi connectivity index (χ2n) is 13.9. The number of aromatic amines is 1. The minimum absolute atomic E-state index is 0.185. The summed E-state index contributed by atoms with van der Waals surface area (Å²) in [4.78, 5) is 23.1. The lowest BCUT2D eigenvalue weighted by atomic mass is 9.88. The highest BCUT2D eigenvalue weighted by molar-refractivity contribution is 6.32. The Bertz CT molecular complexity index is 1660. The molecule has 43 heavy (non-hydrogen) atoms. The molecule has 2 atom stereocenters. The molecule has 2 unspecified atom stereocenters. The molecule has 3 N–H and O–H groups in total. The van der Waals surface area contributed by atoms with Gasteiger partial charge < -0.3 is 24.7 Å². The Hall–Kier alpha value is -3.56. The van der Waals surface area contributed by atoms with E-state index in [1.165, 1.54) is 0 Å². The summed E-state index contributed by atoms with van der Waals surface area (Å²) >= 11 is 0. The van der Waals surface area contributed by atoms with Crippen molar-refractivity contribution < 1.29 is 24.5 Å². The van der Waals surface area contributed by atoms with Crippen LogP contribution in [-0.2, 0) is 17.9 Å². The predicted octanol–water partition coefficient (Wildman–Crippen LogP) is 5.74. The van der Waals surface area contributed by atoms with Crippen molar-refractivity contribution in [1.29, 1.82) is 0 Å². The van der Waals surface area contributed by atoms with Crippen LogP contribution in [0.4, 0.5) is 4.79 Å². The molecule has 1 aromatic heterocycles. The highest BCUT2D eigenvalue weighted by Gasteiger charge is 2.42. The molecule has 8 nitrogen and oxygen atoms in total. The fourth-order valence-corrected chi connectivity index (χ4v) is 4.97. The smallest absolute Gasteiger partial charge is 0.410 e. The van der Waals surface area contributed by atoms with E-state index in [-0.39, 0.29) is 12.1 Å². The Morgan fingerprint density at radius 1 is 1.05 bits per heavy atom. The van der Waals surface area contributed by atoms with Gasteiger partial charge in [0.1, 0.15) is 31.6 Å². The summed E-state index contributed by atoms with van der Waals surface area (Å²) in [5, 5.41) is 20.3. The topological polar surface area (TPSA) is 108 Å². The minimum atomic E-state index is -1.01. The maximum atomic E-state index is 12.9. The summed E-state index contributed by atoms with van der Waals surface area (Å²) in [6.07, 6.45) is 0.692. The zero-order chi connectivity index (χ0) is 31.5. The van der Waals surface area contributed by atoms with Crippen LogP contribution in [0.5, 0.6) is 5.75 Å². The van der Waals surface area contributed by atoms with E-state index >= 15 is 0 Å². The molecule has 1 saturated carbocycles. The van der Waals surface area contributed by atoms with Gasteiger partial charge in [-0.25, -0.2) is 9.78 Å². The zero-order valence-corrected chi connectivity index (χ0v) is 26.4. The van der Waals surface area contributed by atoms with Crippen LogP contribution in [-0.4, -0.2) is 61.9 Å². The molecule has 2 aliphatic rings. The van der Waals surface area contributed by atoms with Gasteiger partial charge in [-0.05, 0) is 95.5 Å². The Morgan fingerprint density at radius 3 is 2.33 bits per heavy atom. The number of nitrogens with one attached hydrogen (secondary N) is 1. The molecule has 226 valence electrons. The second-order valence-corrected chi connectivity index (χ2v) is 13.9. The normalized spacial score (nSPS) is 17.8. The number of H-pyrrole nitrogens is 1. The molecule has 2 heterocycles. The van der Waals surface area contributed by atoms with Crippen molar-refractivity contribution in [3.8, 4) is 16.9 Å². The molecule has 0 saturated heterocycles. The molecule has 4 aromatic rings. The first-order chi connectivity index (χ1) is 19.9. The van der Waals surface area contributed by atoms with E-state index in [0.717, 1.165) is 62.0 Å². The van der Waals surface area contributed by atoms with Crippen molar-refractivity contribution in [3.63, 3.8) is 0 Å². The molecule has 1 aliphatic carbocycles. The van der Waals surface area contributed by atoms with Crippen LogP contribution in [0.25, 0.3) is 32.9 Å². The molecule has 1 amide bonds. The fourth-order valence-electron chi connectivity index (χ4n) is 4.97. The number of imidazole rings is 1. The van der Waals surface area contributed by atoms with Gasteiger partial charge in [0.2, 0.25) is 0 Å². The van der Waals surface area contributed by atoms with Gasteiger partial charge in [0.25, 0.3) is 0 Å². The maximum absolute atomic E-state index is 12.9. The van der Waals surface area contributed by atoms with E-state index in [0.29, 0.717) is 19.1 Å². The predicted molar refractivity (Wildman–Crippen MR) is 171 cm³/mol. The number of hydrogen-bond acceptors (Lipinski definition) is 6. The van der Waals surface area contributed by atoms with Crippen LogP contribution in [0.2, 0.25) is 0 Å². The Balaban J connectivity index is 0.000000407. The number of hydrogen-bond donors (Lipinski definition) is 3. The van der Waals surface area contributed by atoms with Gasteiger partial charge in [-0.1, -0.05) is 36.7 Å². The quantitative estimate of drug-likeness (QED) is 0.265.